The quantitative estimate of drug-likeness (QED) is 0.719. The third-order valence-corrected chi connectivity index (χ3v) is 4.49. The number of halogens is 1. The van der Waals surface area contributed by atoms with E-state index in [4.69, 9.17) is 5.26 Å². The van der Waals surface area contributed by atoms with Crippen LogP contribution in [0.5, 0.6) is 0 Å². The van der Waals surface area contributed by atoms with Crippen LogP contribution in [0.15, 0.2) is 40.3 Å². The number of benzene rings is 1. The second-order valence-corrected chi connectivity index (χ2v) is 6.44. The average Bonchev–Trinajstić information content (AvgIpc) is 3.03. The number of thiophene rings is 1. The van der Waals surface area contributed by atoms with Crippen LogP contribution in [0.1, 0.15) is 20.8 Å². The molecule has 1 aromatic carbocycles. The molecule has 3 rings (SSSR count). The summed E-state index contributed by atoms with van der Waals surface area (Å²) < 4.78 is 0.913. The topological polar surface area (TPSA) is 56.6 Å². The van der Waals surface area contributed by atoms with E-state index in [1.165, 1.54) is 11.3 Å². The molecule has 0 unspecified atom stereocenters. The average molecular weight is 331 g/mol. The number of ketones is 1. The number of hydrogen-bond acceptors (Lipinski definition) is 3. The van der Waals surface area contributed by atoms with Crippen LogP contribution < -0.4 is 0 Å². The Morgan fingerprint density at radius 1 is 1.32 bits per heavy atom. The number of fused-ring (bicyclic) bond motifs is 1. The molecular formula is C14H7BrN2OS. The highest BCUT2D eigenvalue weighted by molar-refractivity contribution is 9.11. The molecule has 0 aliphatic carbocycles. The van der Waals surface area contributed by atoms with Gasteiger partial charge in [-0.1, -0.05) is 6.07 Å². The van der Waals surface area contributed by atoms with Gasteiger partial charge in [0.1, 0.15) is 0 Å². The molecule has 0 atom stereocenters. The first kappa shape index (κ1) is 12.2. The van der Waals surface area contributed by atoms with Crippen molar-refractivity contribution in [3.63, 3.8) is 0 Å². The van der Waals surface area contributed by atoms with Crippen molar-refractivity contribution in [3.05, 3.63) is 56.3 Å². The molecule has 92 valence electrons. The summed E-state index contributed by atoms with van der Waals surface area (Å²) in [7, 11) is 0. The van der Waals surface area contributed by atoms with Crippen molar-refractivity contribution < 1.29 is 4.79 Å². The van der Waals surface area contributed by atoms with E-state index in [9.17, 15) is 4.79 Å². The first-order chi connectivity index (χ1) is 9.20. The summed E-state index contributed by atoms with van der Waals surface area (Å²) in [6, 6.07) is 11.1. The zero-order valence-electron chi connectivity index (χ0n) is 9.61. The Bertz CT molecular complexity index is 825. The molecule has 0 fully saturated rings. The van der Waals surface area contributed by atoms with E-state index in [2.05, 4.69) is 27.0 Å². The lowest BCUT2D eigenvalue weighted by Gasteiger charge is -1.98. The Morgan fingerprint density at radius 2 is 2.16 bits per heavy atom. The summed E-state index contributed by atoms with van der Waals surface area (Å²) in [6.07, 6.45) is 1.67. The van der Waals surface area contributed by atoms with Gasteiger partial charge in [-0.2, -0.15) is 5.26 Å². The standard InChI is InChI=1S/C14H7BrN2OS/c15-12-5-4-11(19-12)14(18)9-7-17-10-3-1-2-8(6-16)13(9)10/h1-5,7,17H. The van der Waals surface area contributed by atoms with Crippen LogP contribution >= 0.6 is 27.3 Å². The van der Waals surface area contributed by atoms with E-state index >= 15 is 0 Å². The Labute approximate surface area is 121 Å². The molecule has 2 heterocycles. The Morgan fingerprint density at radius 3 is 2.84 bits per heavy atom. The van der Waals surface area contributed by atoms with Gasteiger partial charge >= 0.3 is 0 Å². The van der Waals surface area contributed by atoms with Gasteiger partial charge in [0.2, 0.25) is 5.78 Å². The largest absolute Gasteiger partial charge is 0.360 e. The van der Waals surface area contributed by atoms with E-state index in [0.717, 1.165) is 9.30 Å². The van der Waals surface area contributed by atoms with Crippen LogP contribution in [-0.2, 0) is 0 Å². The molecule has 0 saturated heterocycles. The number of nitriles is 1. The van der Waals surface area contributed by atoms with Crippen molar-refractivity contribution in [3.8, 4) is 6.07 Å². The van der Waals surface area contributed by atoms with Gasteiger partial charge < -0.3 is 4.98 Å². The number of nitrogens with one attached hydrogen (secondary N) is 1. The number of H-pyrrole nitrogens is 1. The third-order valence-electron chi connectivity index (χ3n) is 2.87. The molecule has 0 saturated carbocycles. The number of carbonyl (C=O) groups is 1. The Kier molecular flexibility index (Phi) is 2.97. The maximum Gasteiger partial charge on any atom is 0.205 e. The summed E-state index contributed by atoms with van der Waals surface area (Å²) >= 11 is 4.73. The highest BCUT2D eigenvalue weighted by Gasteiger charge is 2.17. The molecule has 2 aromatic heterocycles. The molecule has 19 heavy (non-hydrogen) atoms. The van der Waals surface area contributed by atoms with Gasteiger partial charge in [-0.05, 0) is 40.2 Å². The monoisotopic (exact) mass is 330 g/mol. The molecule has 5 heteroatoms. The number of hydrogen-bond donors (Lipinski definition) is 1. The van der Waals surface area contributed by atoms with Crippen LogP contribution in [-0.4, -0.2) is 10.8 Å². The molecule has 0 bridgehead atoms. The van der Waals surface area contributed by atoms with Gasteiger partial charge in [0.15, 0.2) is 0 Å². The van der Waals surface area contributed by atoms with Crippen molar-refractivity contribution in [2.45, 2.75) is 0 Å². The molecule has 0 spiro atoms. The smallest absolute Gasteiger partial charge is 0.205 e. The third kappa shape index (κ3) is 1.99. The highest BCUT2D eigenvalue weighted by Crippen LogP contribution is 2.28. The number of aromatic nitrogens is 1. The summed E-state index contributed by atoms with van der Waals surface area (Å²) in [6.45, 7) is 0. The molecule has 1 N–H and O–H groups in total. The number of carbonyl (C=O) groups excluding carboxylic acids is 1. The molecule has 3 nitrogen and oxygen atoms in total. The van der Waals surface area contributed by atoms with Crippen LogP contribution in [0.3, 0.4) is 0 Å². The predicted octanol–water partition coefficient (Wildman–Crippen LogP) is 4.09. The van der Waals surface area contributed by atoms with Crippen LogP contribution in [0, 0.1) is 11.3 Å². The lowest BCUT2D eigenvalue weighted by atomic mass is 10.0. The minimum Gasteiger partial charge on any atom is -0.360 e. The summed E-state index contributed by atoms with van der Waals surface area (Å²) in [5.41, 5.74) is 1.86. The van der Waals surface area contributed by atoms with Gasteiger partial charge in [0, 0.05) is 17.1 Å². The van der Waals surface area contributed by atoms with E-state index in [1.807, 2.05) is 12.1 Å². The van der Waals surface area contributed by atoms with Crippen molar-refractivity contribution in [1.29, 1.82) is 5.26 Å². The predicted molar refractivity (Wildman–Crippen MR) is 78.5 cm³/mol. The van der Waals surface area contributed by atoms with Gasteiger partial charge in [-0.25, -0.2) is 0 Å². The normalized spacial score (nSPS) is 10.5. The van der Waals surface area contributed by atoms with Crippen LogP contribution in [0.25, 0.3) is 10.9 Å². The first-order valence-corrected chi connectivity index (χ1v) is 7.12. The van der Waals surface area contributed by atoms with E-state index in [1.54, 1.807) is 24.4 Å². The van der Waals surface area contributed by atoms with Gasteiger partial charge in [-0.15, -0.1) is 11.3 Å². The molecule has 3 aromatic rings. The second-order valence-electron chi connectivity index (χ2n) is 3.98. The van der Waals surface area contributed by atoms with Gasteiger partial charge in [0.05, 0.1) is 25.9 Å². The minimum atomic E-state index is -0.0651. The summed E-state index contributed by atoms with van der Waals surface area (Å²) in [5, 5.41) is 9.85. The molecule has 0 aliphatic heterocycles. The van der Waals surface area contributed by atoms with Crippen molar-refractivity contribution in [2.75, 3.05) is 0 Å². The van der Waals surface area contributed by atoms with Crippen LogP contribution in [0.4, 0.5) is 0 Å². The summed E-state index contributed by atoms with van der Waals surface area (Å²) in [5.74, 6) is -0.0651. The fraction of sp³-hybridized carbons (Fsp3) is 0. The molecular weight excluding hydrogens is 324 g/mol. The van der Waals surface area contributed by atoms with Gasteiger partial charge in [-0.3, -0.25) is 4.79 Å². The Hall–Kier alpha value is -1.90. The lowest BCUT2D eigenvalue weighted by Crippen LogP contribution is -1.97. The lowest BCUT2D eigenvalue weighted by molar-refractivity contribution is 0.104. The number of nitrogens with zero attached hydrogens (tertiary/aromatic N) is 1. The fourth-order valence-corrected chi connectivity index (χ4v) is 3.37. The molecule has 0 aliphatic rings. The van der Waals surface area contributed by atoms with Crippen molar-refractivity contribution in [2.24, 2.45) is 0 Å². The van der Waals surface area contributed by atoms with E-state index < -0.39 is 0 Å². The van der Waals surface area contributed by atoms with Crippen molar-refractivity contribution in [1.82, 2.24) is 4.98 Å². The Balaban J connectivity index is 2.21. The zero-order valence-corrected chi connectivity index (χ0v) is 12.0. The maximum absolute atomic E-state index is 12.5. The summed E-state index contributed by atoms with van der Waals surface area (Å²) in [4.78, 5) is 16.2. The highest BCUT2D eigenvalue weighted by atomic mass is 79.9. The maximum atomic E-state index is 12.5. The molecule has 0 amide bonds. The fourth-order valence-electron chi connectivity index (χ4n) is 2.03. The number of rotatable bonds is 2. The van der Waals surface area contributed by atoms with Crippen LogP contribution in [0.2, 0.25) is 0 Å². The van der Waals surface area contributed by atoms with Gasteiger partial charge in [0.25, 0.3) is 0 Å². The second kappa shape index (κ2) is 4.65. The minimum absolute atomic E-state index is 0.0651. The number of aromatic amines is 1. The van der Waals surface area contributed by atoms with E-state index in [0.29, 0.717) is 21.4 Å². The first-order valence-electron chi connectivity index (χ1n) is 5.51. The van der Waals surface area contributed by atoms with E-state index in [-0.39, 0.29) is 5.78 Å². The zero-order chi connectivity index (χ0) is 13.4. The van der Waals surface area contributed by atoms with Crippen molar-refractivity contribution >= 4 is 44.0 Å². The SMILES string of the molecule is N#Cc1cccc2[nH]cc(C(=O)c3ccc(Br)s3)c12. The molecule has 0 radical (unpaired) electrons.